The molecule has 9 heteroatoms. The average Bonchev–Trinajstić information content (AvgIpc) is 3.42. The van der Waals surface area contributed by atoms with Crippen LogP contribution in [0.4, 0.5) is 13.2 Å². The molecular weight excluding hydrogens is 447 g/mol. The quantitative estimate of drug-likeness (QED) is 0.277. The Morgan fingerprint density at radius 1 is 1.15 bits per heavy atom. The number of aromatic amines is 1. The van der Waals surface area contributed by atoms with Crippen LogP contribution in [0.3, 0.4) is 0 Å². The van der Waals surface area contributed by atoms with Gasteiger partial charge in [-0.3, -0.25) is 14.9 Å². The van der Waals surface area contributed by atoms with Crippen LogP contribution in [0, 0.1) is 0 Å². The Hall–Kier alpha value is -2.88. The van der Waals surface area contributed by atoms with Gasteiger partial charge in [0.15, 0.2) is 0 Å². The lowest BCUT2D eigenvalue weighted by atomic mass is 9.95. The number of nitrogens with one attached hydrogen (secondary N) is 2. The molecule has 0 saturated carbocycles. The molecule has 34 heavy (non-hydrogen) atoms. The third kappa shape index (κ3) is 5.11. The number of nitrogens with zero attached hydrogens (tertiary/aromatic N) is 1. The van der Waals surface area contributed by atoms with Crippen LogP contribution in [0.25, 0.3) is 10.9 Å². The van der Waals surface area contributed by atoms with E-state index < -0.39 is 17.6 Å². The third-order valence-corrected chi connectivity index (χ3v) is 6.63. The molecule has 0 saturated heterocycles. The first-order valence-electron chi connectivity index (χ1n) is 11.4. The summed E-state index contributed by atoms with van der Waals surface area (Å²) >= 11 is 0. The van der Waals surface area contributed by atoms with Gasteiger partial charge >= 0.3 is 6.18 Å². The molecule has 4 N–H and O–H groups in total. The Morgan fingerprint density at radius 2 is 1.94 bits per heavy atom. The highest BCUT2D eigenvalue weighted by molar-refractivity contribution is 5.83. The molecule has 2 aromatic carbocycles. The number of hydrogen-bond donors (Lipinski definition) is 4. The number of carbonyl (C=O) groups is 1. The minimum absolute atomic E-state index is 0.0583. The van der Waals surface area contributed by atoms with E-state index in [1.807, 2.05) is 30.5 Å². The van der Waals surface area contributed by atoms with E-state index in [2.05, 4.69) is 9.88 Å². The summed E-state index contributed by atoms with van der Waals surface area (Å²) in [7, 11) is 0. The summed E-state index contributed by atoms with van der Waals surface area (Å²) in [5, 5.41) is 19.5. The zero-order chi connectivity index (χ0) is 24.3. The maximum absolute atomic E-state index is 13.9. The summed E-state index contributed by atoms with van der Waals surface area (Å²) in [4.78, 5) is 16.7. The molecule has 4 rings (SSSR count). The van der Waals surface area contributed by atoms with Crippen LogP contribution in [0.1, 0.15) is 46.7 Å². The molecule has 1 amide bonds. The van der Waals surface area contributed by atoms with Crippen molar-refractivity contribution in [3.63, 3.8) is 0 Å². The van der Waals surface area contributed by atoms with Gasteiger partial charge in [-0.15, -0.1) is 0 Å². The maximum atomic E-state index is 13.9. The largest absolute Gasteiger partial charge is 0.416 e. The fourth-order valence-corrected chi connectivity index (χ4v) is 5.00. The summed E-state index contributed by atoms with van der Waals surface area (Å²) in [6.07, 6.45) is -0.938. The van der Waals surface area contributed by atoms with E-state index >= 15 is 0 Å². The number of aliphatic hydroxyl groups is 1. The summed E-state index contributed by atoms with van der Waals surface area (Å²) in [5.74, 6) is -0.724. The van der Waals surface area contributed by atoms with Gasteiger partial charge in [0.1, 0.15) is 0 Å². The second-order valence-corrected chi connectivity index (χ2v) is 8.66. The number of aliphatic hydroxyl groups excluding tert-OH is 1. The van der Waals surface area contributed by atoms with Crippen LogP contribution in [-0.2, 0) is 30.2 Å². The van der Waals surface area contributed by atoms with E-state index in [-0.39, 0.29) is 31.1 Å². The van der Waals surface area contributed by atoms with Gasteiger partial charge < -0.3 is 10.1 Å². The summed E-state index contributed by atoms with van der Waals surface area (Å²) in [5.41, 5.74) is 4.42. The molecule has 0 aliphatic heterocycles. The number of carbonyl (C=O) groups excluding carboxylic acids is 1. The monoisotopic (exact) mass is 475 g/mol. The number of halogens is 3. The fraction of sp³-hybridized carbons (Fsp3) is 0.400. The van der Waals surface area contributed by atoms with Crippen LogP contribution < -0.4 is 5.48 Å². The Morgan fingerprint density at radius 3 is 2.68 bits per heavy atom. The zero-order valence-corrected chi connectivity index (χ0v) is 18.7. The number of alkyl halides is 3. The second kappa shape index (κ2) is 10.2. The Labute approximate surface area is 195 Å². The second-order valence-electron chi connectivity index (χ2n) is 8.66. The third-order valence-electron chi connectivity index (χ3n) is 6.63. The number of benzene rings is 2. The molecule has 1 aliphatic carbocycles. The first-order valence-corrected chi connectivity index (χ1v) is 11.4. The Bertz CT molecular complexity index is 1160. The Kier molecular flexibility index (Phi) is 7.25. The maximum Gasteiger partial charge on any atom is 0.416 e. The Balaban J connectivity index is 1.59. The van der Waals surface area contributed by atoms with Gasteiger partial charge in [0, 0.05) is 42.7 Å². The standard InChI is InChI=1S/C25H28F3N3O3/c26-25(27,28)21-14-20-16(13-17(21)6-8-24(33)30-34)5-7-23(20)31(11-12-32)10-9-18-15-29-22-4-2-1-3-19(18)22/h1-4,13-15,23,29,32,34H,5-12H2,(H,30,33). The molecule has 1 heterocycles. The van der Waals surface area contributed by atoms with Gasteiger partial charge in [-0.1, -0.05) is 24.3 Å². The predicted octanol–water partition coefficient (Wildman–Crippen LogP) is 4.15. The number of aryl methyl sites for hydroxylation is 2. The highest BCUT2D eigenvalue weighted by Crippen LogP contribution is 2.42. The SMILES string of the molecule is O=C(CCc1cc2c(cc1C(F)(F)F)C(N(CCO)CCc1c[nH]c3ccccc13)CC2)NO. The normalized spacial score (nSPS) is 15.8. The summed E-state index contributed by atoms with van der Waals surface area (Å²) < 4.78 is 41.6. The lowest BCUT2D eigenvalue weighted by Crippen LogP contribution is -2.32. The van der Waals surface area contributed by atoms with Gasteiger partial charge in [-0.05, 0) is 60.1 Å². The molecular formula is C25H28F3N3O3. The molecule has 0 spiro atoms. The topological polar surface area (TPSA) is 88.6 Å². The number of hydroxylamine groups is 1. The smallest absolute Gasteiger partial charge is 0.395 e. The molecule has 3 aromatic rings. The van der Waals surface area contributed by atoms with E-state index in [1.165, 1.54) is 11.5 Å². The number of H-pyrrole nitrogens is 1. The van der Waals surface area contributed by atoms with Crippen molar-refractivity contribution >= 4 is 16.8 Å². The van der Waals surface area contributed by atoms with Crippen LogP contribution >= 0.6 is 0 Å². The number of para-hydroxylation sites is 1. The number of fused-ring (bicyclic) bond motifs is 2. The average molecular weight is 476 g/mol. The highest BCUT2D eigenvalue weighted by Gasteiger charge is 2.37. The first kappa shape index (κ1) is 24.3. The van der Waals surface area contributed by atoms with Crippen molar-refractivity contribution in [3.05, 3.63) is 70.4 Å². The molecule has 0 bridgehead atoms. The van der Waals surface area contributed by atoms with Crippen molar-refractivity contribution in [1.29, 1.82) is 0 Å². The molecule has 1 atom stereocenters. The van der Waals surface area contributed by atoms with E-state index in [0.29, 0.717) is 37.9 Å². The van der Waals surface area contributed by atoms with Crippen molar-refractivity contribution in [3.8, 4) is 0 Å². The van der Waals surface area contributed by atoms with Crippen molar-refractivity contribution in [1.82, 2.24) is 15.4 Å². The van der Waals surface area contributed by atoms with Crippen LogP contribution in [0.5, 0.6) is 0 Å². The first-order chi connectivity index (χ1) is 16.3. The van der Waals surface area contributed by atoms with Crippen molar-refractivity contribution in [2.75, 3.05) is 19.7 Å². The molecule has 182 valence electrons. The minimum Gasteiger partial charge on any atom is -0.395 e. The van der Waals surface area contributed by atoms with Crippen molar-refractivity contribution in [2.45, 2.75) is 44.3 Å². The van der Waals surface area contributed by atoms with Crippen LogP contribution in [0.2, 0.25) is 0 Å². The van der Waals surface area contributed by atoms with E-state index in [9.17, 15) is 23.1 Å². The number of hydrogen-bond acceptors (Lipinski definition) is 4. The zero-order valence-electron chi connectivity index (χ0n) is 18.7. The molecule has 1 aliphatic rings. The number of amides is 1. The lowest BCUT2D eigenvalue weighted by Gasteiger charge is -2.29. The van der Waals surface area contributed by atoms with Crippen LogP contribution in [-0.4, -0.2) is 45.8 Å². The van der Waals surface area contributed by atoms with Crippen LogP contribution in [0.15, 0.2) is 42.6 Å². The van der Waals surface area contributed by atoms with E-state index in [0.717, 1.165) is 22.0 Å². The van der Waals surface area contributed by atoms with E-state index in [1.54, 1.807) is 6.07 Å². The number of rotatable bonds is 9. The summed E-state index contributed by atoms with van der Waals surface area (Å²) in [6.45, 7) is 0.888. The van der Waals surface area contributed by atoms with Gasteiger partial charge in [0.2, 0.25) is 5.91 Å². The van der Waals surface area contributed by atoms with E-state index in [4.69, 9.17) is 5.21 Å². The van der Waals surface area contributed by atoms with Crippen molar-refractivity contribution in [2.24, 2.45) is 0 Å². The minimum atomic E-state index is -4.56. The van der Waals surface area contributed by atoms with Gasteiger partial charge in [-0.2, -0.15) is 13.2 Å². The molecule has 1 unspecified atom stereocenters. The predicted molar refractivity (Wildman–Crippen MR) is 121 cm³/mol. The molecule has 6 nitrogen and oxygen atoms in total. The highest BCUT2D eigenvalue weighted by atomic mass is 19.4. The lowest BCUT2D eigenvalue weighted by molar-refractivity contribution is -0.138. The molecule has 0 radical (unpaired) electrons. The van der Waals surface area contributed by atoms with Gasteiger partial charge in [0.25, 0.3) is 0 Å². The number of aromatic nitrogens is 1. The molecule has 1 aromatic heterocycles. The van der Waals surface area contributed by atoms with Gasteiger partial charge in [0.05, 0.1) is 12.2 Å². The van der Waals surface area contributed by atoms with Crippen molar-refractivity contribution < 1.29 is 28.3 Å². The molecule has 0 fully saturated rings. The summed E-state index contributed by atoms with van der Waals surface area (Å²) in [6, 6.07) is 10.5. The van der Waals surface area contributed by atoms with Gasteiger partial charge in [-0.25, -0.2) is 5.48 Å². The fourth-order valence-electron chi connectivity index (χ4n) is 5.00.